The molecule has 0 atom stereocenters. The standard InChI is InChI=1S/2C9H8ClN5O.O.V/c2*10-6-1-2-7(16)5(3-6)4-12-9-13-8(11)14-15-9;;/h2*1-4,16H,(H3,11,13,14,15);;/q;;-2;+4/p-2/b2*12-4+;;. The second kappa shape index (κ2) is 13.2. The van der Waals surface area contributed by atoms with Crippen LogP contribution in [0.1, 0.15) is 11.1 Å². The Bertz CT molecular complexity index is 1180. The van der Waals surface area contributed by atoms with Gasteiger partial charge in [0.25, 0.3) is 11.9 Å². The van der Waals surface area contributed by atoms with Gasteiger partial charge in [0.05, 0.1) is 0 Å². The summed E-state index contributed by atoms with van der Waals surface area (Å²) in [5.74, 6) is 0.322. The van der Waals surface area contributed by atoms with Crippen LogP contribution in [0.4, 0.5) is 23.8 Å². The number of rotatable bonds is 4. The summed E-state index contributed by atoms with van der Waals surface area (Å²) in [5.41, 5.74) is 11.4. The number of hydrogen-bond acceptors (Lipinski definition) is 10. The molecule has 2 aromatic heterocycles. The summed E-state index contributed by atoms with van der Waals surface area (Å²) >= 11 is 11.5. The first-order valence-corrected chi connectivity index (χ1v) is 9.43. The number of benzene rings is 2. The van der Waals surface area contributed by atoms with Crippen molar-refractivity contribution in [2.45, 2.75) is 0 Å². The molecule has 0 saturated heterocycles. The van der Waals surface area contributed by atoms with E-state index in [2.05, 4.69) is 40.3 Å². The third kappa shape index (κ3) is 8.38. The minimum absolute atomic E-state index is 0. The molecule has 16 heteroatoms. The van der Waals surface area contributed by atoms with Crippen LogP contribution in [-0.2, 0) is 24.0 Å². The van der Waals surface area contributed by atoms with Gasteiger partial charge in [-0.3, -0.25) is 0 Å². The fourth-order valence-electron chi connectivity index (χ4n) is 2.14. The summed E-state index contributed by atoms with van der Waals surface area (Å²) in [7, 11) is 0. The van der Waals surface area contributed by atoms with Crippen LogP contribution in [0.15, 0.2) is 46.4 Å². The third-order valence-corrected chi connectivity index (χ3v) is 4.03. The van der Waals surface area contributed by atoms with E-state index in [9.17, 15) is 10.2 Å². The molecular formula is C18H14Cl2N10O3V. The van der Waals surface area contributed by atoms with Crippen molar-refractivity contribution in [1.82, 2.24) is 30.4 Å². The van der Waals surface area contributed by atoms with Gasteiger partial charge in [-0.05, 0) is 35.4 Å². The first-order valence-electron chi connectivity index (χ1n) is 8.67. The van der Waals surface area contributed by atoms with Crippen LogP contribution in [0.2, 0.25) is 10.0 Å². The molecule has 34 heavy (non-hydrogen) atoms. The number of aromatic amines is 2. The molecule has 0 aliphatic rings. The number of anilines is 2. The van der Waals surface area contributed by atoms with Crippen LogP contribution in [0.5, 0.6) is 11.5 Å². The molecular weight excluding hydrogens is 526 g/mol. The van der Waals surface area contributed by atoms with Crippen LogP contribution in [0.25, 0.3) is 0 Å². The number of aromatic nitrogens is 6. The average Bonchev–Trinajstić information content (AvgIpc) is 3.37. The molecule has 0 fully saturated rings. The van der Waals surface area contributed by atoms with Crippen molar-refractivity contribution >= 4 is 59.4 Å². The molecule has 0 aliphatic heterocycles. The Morgan fingerprint density at radius 2 is 1.15 bits per heavy atom. The zero-order chi connectivity index (χ0) is 23.1. The number of nitrogen functional groups attached to an aromatic ring is 2. The minimum atomic E-state index is -0.170. The SMILES string of the molecule is Nc1nc(/N=C/c2cc(Cl)ccc2[O-])n[nH]1.Nc1nc(/N=C/c2cc(Cl)ccc2[O-])n[nH]1.[O-2].[V+4]. The van der Waals surface area contributed by atoms with Gasteiger partial charge in [-0.15, -0.1) is 10.2 Å². The number of halogens is 2. The van der Waals surface area contributed by atoms with Gasteiger partial charge in [-0.25, -0.2) is 20.2 Å². The monoisotopic (exact) mass is 539 g/mol. The van der Waals surface area contributed by atoms with E-state index in [0.29, 0.717) is 21.2 Å². The number of nitrogens with two attached hydrogens (primary N) is 2. The van der Waals surface area contributed by atoms with Crippen LogP contribution < -0.4 is 21.7 Å². The van der Waals surface area contributed by atoms with Crippen molar-refractivity contribution in [2.75, 3.05) is 11.5 Å². The van der Waals surface area contributed by atoms with Crippen molar-refractivity contribution in [1.29, 1.82) is 0 Å². The Hall–Kier alpha value is -3.62. The maximum absolute atomic E-state index is 11.4. The van der Waals surface area contributed by atoms with Crippen LogP contribution in [0, 0.1) is 0 Å². The van der Waals surface area contributed by atoms with E-state index in [0.717, 1.165) is 0 Å². The Morgan fingerprint density at radius 3 is 1.47 bits per heavy atom. The summed E-state index contributed by atoms with van der Waals surface area (Å²) in [6, 6.07) is 8.82. The number of aliphatic imine (C=N–C) groups is 2. The predicted molar refractivity (Wildman–Crippen MR) is 119 cm³/mol. The van der Waals surface area contributed by atoms with Crippen molar-refractivity contribution in [3.63, 3.8) is 0 Å². The van der Waals surface area contributed by atoms with E-state index in [1.165, 1.54) is 48.8 Å². The number of hydrogen-bond donors (Lipinski definition) is 4. The summed E-state index contributed by atoms with van der Waals surface area (Å²) < 4.78 is 0. The predicted octanol–water partition coefficient (Wildman–Crippen LogP) is 1.61. The maximum atomic E-state index is 11.4. The molecule has 0 bridgehead atoms. The third-order valence-electron chi connectivity index (χ3n) is 3.56. The van der Waals surface area contributed by atoms with Crippen molar-refractivity contribution in [2.24, 2.45) is 9.98 Å². The van der Waals surface area contributed by atoms with Gasteiger partial charge in [-0.1, -0.05) is 46.8 Å². The van der Waals surface area contributed by atoms with Crippen molar-refractivity contribution in [3.8, 4) is 11.5 Å². The fourth-order valence-corrected chi connectivity index (χ4v) is 2.50. The molecule has 0 spiro atoms. The quantitative estimate of drug-likeness (QED) is 0.277. The average molecular weight is 540 g/mol. The summed E-state index contributed by atoms with van der Waals surface area (Å²) in [4.78, 5) is 15.3. The zero-order valence-electron chi connectivity index (χ0n) is 16.9. The zero-order valence-corrected chi connectivity index (χ0v) is 19.8. The molecule has 2 aromatic carbocycles. The molecule has 0 amide bonds. The van der Waals surface area contributed by atoms with Gasteiger partial charge in [-0.2, -0.15) is 9.97 Å². The Kier molecular flexibility index (Phi) is 11.0. The van der Waals surface area contributed by atoms with Crippen molar-refractivity contribution < 1.29 is 34.2 Å². The van der Waals surface area contributed by atoms with Crippen LogP contribution in [0.3, 0.4) is 0 Å². The van der Waals surface area contributed by atoms with Gasteiger partial charge >= 0.3 is 18.6 Å². The minimum Gasteiger partial charge on any atom is -2.00 e. The van der Waals surface area contributed by atoms with Gasteiger partial charge in [0.1, 0.15) is 0 Å². The maximum Gasteiger partial charge on any atom is 4.00 e. The van der Waals surface area contributed by atoms with E-state index in [4.69, 9.17) is 34.7 Å². The first kappa shape index (κ1) is 28.4. The van der Waals surface area contributed by atoms with Gasteiger partial charge in [0, 0.05) is 22.5 Å². The van der Waals surface area contributed by atoms with Gasteiger partial charge in [0.2, 0.25) is 11.9 Å². The van der Waals surface area contributed by atoms with Crippen LogP contribution >= 0.6 is 23.2 Å². The van der Waals surface area contributed by atoms with Crippen LogP contribution in [-0.4, -0.2) is 42.8 Å². The number of nitrogens with one attached hydrogen (secondary N) is 2. The second-order valence-electron chi connectivity index (χ2n) is 5.92. The molecule has 2 heterocycles. The molecule has 0 saturated carbocycles. The number of H-pyrrole nitrogens is 2. The smallest absolute Gasteiger partial charge is 2.00 e. The van der Waals surface area contributed by atoms with E-state index < -0.39 is 0 Å². The largest absolute Gasteiger partial charge is 4.00 e. The second-order valence-corrected chi connectivity index (χ2v) is 6.79. The number of nitrogens with zero attached hydrogens (tertiary/aromatic N) is 6. The Labute approximate surface area is 214 Å². The molecule has 6 N–H and O–H groups in total. The topological polar surface area (TPSA) is 235 Å². The molecule has 4 aromatic rings. The molecule has 0 aliphatic carbocycles. The fraction of sp³-hybridized carbons (Fsp3) is 0. The van der Waals surface area contributed by atoms with E-state index in [1.807, 2.05) is 0 Å². The van der Waals surface area contributed by atoms with Gasteiger partial charge in [0.15, 0.2) is 0 Å². The summed E-state index contributed by atoms with van der Waals surface area (Å²) in [5, 5.41) is 35.9. The molecule has 13 nitrogen and oxygen atoms in total. The summed E-state index contributed by atoms with van der Waals surface area (Å²) in [6.45, 7) is 0. The Balaban J connectivity index is 0.000000321. The van der Waals surface area contributed by atoms with Gasteiger partial charge < -0.3 is 27.2 Å². The molecule has 1 radical (unpaired) electrons. The van der Waals surface area contributed by atoms with E-state index >= 15 is 0 Å². The molecule has 0 unspecified atom stereocenters. The van der Waals surface area contributed by atoms with E-state index in [1.54, 1.807) is 0 Å². The first-order chi connectivity index (χ1) is 15.3. The molecule has 173 valence electrons. The summed E-state index contributed by atoms with van der Waals surface area (Å²) in [6.07, 6.45) is 2.69. The van der Waals surface area contributed by atoms with Crippen molar-refractivity contribution in [3.05, 3.63) is 57.6 Å². The van der Waals surface area contributed by atoms with E-state index in [-0.39, 0.29) is 59.3 Å². The Morgan fingerprint density at radius 1 is 0.765 bits per heavy atom. The molecule has 4 rings (SSSR count). The normalized spacial score (nSPS) is 10.4.